The normalized spacial score (nSPS) is 10.4. The lowest BCUT2D eigenvalue weighted by atomic mass is 10.3. The number of aromatic nitrogens is 2. The number of hydrogen-bond donors (Lipinski definition) is 1. The molecular formula is C13H14ClFN4O. The highest BCUT2D eigenvalue weighted by molar-refractivity contribution is 6.30. The zero-order chi connectivity index (χ0) is 14.7. The maximum Gasteiger partial charge on any atom is 0.321 e. The third kappa shape index (κ3) is 3.48. The molecule has 2 rings (SSSR count). The Hall–Kier alpha value is -2.08. The molecule has 0 spiro atoms. The third-order valence-electron chi connectivity index (χ3n) is 2.69. The van der Waals surface area contributed by atoms with E-state index in [4.69, 9.17) is 11.6 Å². The molecule has 1 aromatic heterocycles. The maximum absolute atomic E-state index is 13.5. The van der Waals surface area contributed by atoms with Crippen LogP contribution < -0.4 is 5.32 Å². The largest absolute Gasteiger partial charge is 0.323 e. The number of urea groups is 1. The fourth-order valence-corrected chi connectivity index (χ4v) is 1.88. The molecule has 1 heterocycles. The summed E-state index contributed by atoms with van der Waals surface area (Å²) in [5.41, 5.74) is 0.942. The van der Waals surface area contributed by atoms with Crippen LogP contribution in [0.5, 0.6) is 0 Å². The standard InChI is InChI=1S/C13H14ClFN4O/c1-18(7-9-6-16-19(2)8-9)13(20)17-12-5-10(14)3-4-11(12)15/h3-6,8H,7H2,1-2H3,(H,17,20). The fraction of sp³-hybridized carbons (Fsp3) is 0.231. The SMILES string of the molecule is CN(Cc1cnn(C)c1)C(=O)Nc1cc(Cl)ccc1F. The van der Waals surface area contributed by atoms with Gasteiger partial charge in [0.1, 0.15) is 5.82 Å². The average Bonchev–Trinajstić information content (AvgIpc) is 2.79. The Bertz CT molecular complexity index is 629. The zero-order valence-corrected chi connectivity index (χ0v) is 11.9. The highest BCUT2D eigenvalue weighted by atomic mass is 35.5. The molecule has 7 heteroatoms. The molecule has 1 aromatic carbocycles. The van der Waals surface area contributed by atoms with Crippen molar-refractivity contribution in [3.8, 4) is 0 Å². The van der Waals surface area contributed by atoms with Crippen LogP contribution in [0.15, 0.2) is 30.6 Å². The lowest BCUT2D eigenvalue weighted by molar-refractivity contribution is 0.220. The van der Waals surface area contributed by atoms with E-state index in [-0.39, 0.29) is 5.69 Å². The van der Waals surface area contributed by atoms with Gasteiger partial charge in [-0.2, -0.15) is 5.10 Å². The first-order valence-electron chi connectivity index (χ1n) is 5.90. The monoisotopic (exact) mass is 296 g/mol. The molecule has 5 nitrogen and oxygen atoms in total. The number of hydrogen-bond acceptors (Lipinski definition) is 2. The summed E-state index contributed by atoms with van der Waals surface area (Å²) in [7, 11) is 3.41. The minimum atomic E-state index is -0.530. The lowest BCUT2D eigenvalue weighted by Gasteiger charge is -2.17. The van der Waals surface area contributed by atoms with Crippen molar-refractivity contribution in [1.29, 1.82) is 0 Å². The topological polar surface area (TPSA) is 50.2 Å². The van der Waals surface area contributed by atoms with E-state index < -0.39 is 11.8 Å². The van der Waals surface area contributed by atoms with E-state index in [1.807, 2.05) is 6.20 Å². The first-order valence-corrected chi connectivity index (χ1v) is 6.28. The summed E-state index contributed by atoms with van der Waals surface area (Å²) in [6.45, 7) is 0.377. The molecular weight excluding hydrogens is 283 g/mol. The molecule has 0 unspecified atom stereocenters. The first-order chi connectivity index (χ1) is 9.45. The second-order valence-corrected chi connectivity index (χ2v) is 4.87. The van der Waals surface area contributed by atoms with E-state index in [0.29, 0.717) is 11.6 Å². The van der Waals surface area contributed by atoms with E-state index in [1.165, 1.54) is 23.1 Å². The molecule has 0 aliphatic heterocycles. The van der Waals surface area contributed by atoms with Gasteiger partial charge in [0, 0.05) is 30.9 Å². The number of nitrogens with zero attached hydrogens (tertiary/aromatic N) is 3. The molecule has 2 aromatic rings. The molecule has 0 saturated heterocycles. The second kappa shape index (κ2) is 5.92. The van der Waals surface area contributed by atoms with Crippen LogP contribution in [-0.4, -0.2) is 27.8 Å². The van der Waals surface area contributed by atoms with E-state index >= 15 is 0 Å². The Morgan fingerprint density at radius 2 is 2.30 bits per heavy atom. The quantitative estimate of drug-likeness (QED) is 0.947. The van der Waals surface area contributed by atoms with Gasteiger partial charge in [0.25, 0.3) is 0 Å². The summed E-state index contributed by atoms with van der Waals surface area (Å²) in [4.78, 5) is 13.4. The molecule has 0 saturated carbocycles. The Morgan fingerprint density at radius 1 is 1.55 bits per heavy atom. The number of benzene rings is 1. The van der Waals surface area contributed by atoms with Gasteiger partial charge in [0.2, 0.25) is 0 Å². The smallest absolute Gasteiger partial charge is 0.321 e. The number of nitrogens with one attached hydrogen (secondary N) is 1. The summed E-state index contributed by atoms with van der Waals surface area (Å²) in [6, 6.07) is 3.58. The Balaban J connectivity index is 2.02. The van der Waals surface area contributed by atoms with Gasteiger partial charge in [0.15, 0.2) is 0 Å². The zero-order valence-electron chi connectivity index (χ0n) is 11.1. The maximum atomic E-state index is 13.5. The highest BCUT2D eigenvalue weighted by Crippen LogP contribution is 2.20. The van der Waals surface area contributed by atoms with Gasteiger partial charge in [-0.25, -0.2) is 9.18 Å². The number of anilines is 1. The predicted octanol–water partition coefficient (Wildman–Crippen LogP) is 2.88. The van der Waals surface area contributed by atoms with Gasteiger partial charge in [-0.15, -0.1) is 0 Å². The number of carbonyl (C=O) groups is 1. The van der Waals surface area contributed by atoms with Crippen molar-refractivity contribution in [2.75, 3.05) is 12.4 Å². The van der Waals surface area contributed by atoms with Crippen LogP contribution in [0.2, 0.25) is 5.02 Å². The van der Waals surface area contributed by atoms with Crippen LogP contribution in [0.25, 0.3) is 0 Å². The third-order valence-corrected chi connectivity index (χ3v) is 2.93. The van der Waals surface area contributed by atoms with E-state index in [0.717, 1.165) is 5.56 Å². The first kappa shape index (κ1) is 14.3. The number of aryl methyl sites for hydroxylation is 1. The van der Waals surface area contributed by atoms with Crippen LogP contribution in [0.3, 0.4) is 0 Å². The van der Waals surface area contributed by atoms with Crippen molar-refractivity contribution in [2.45, 2.75) is 6.54 Å². The molecule has 106 valence electrons. The van der Waals surface area contributed by atoms with E-state index in [9.17, 15) is 9.18 Å². The molecule has 1 N–H and O–H groups in total. The Labute approximate surface area is 120 Å². The van der Waals surface area contributed by atoms with Crippen LogP contribution in [0.1, 0.15) is 5.56 Å². The Kier molecular flexibility index (Phi) is 4.24. The van der Waals surface area contributed by atoms with E-state index in [1.54, 1.807) is 25.0 Å². The summed E-state index contributed by atoms with van der Waals surface area (Å²) in [5.74, 6) is -0.530. The molecule has 0 atom stereocenters. The van der Waals surface area contributed by atoms with Crippen LogP contribution >= 0.6 is 11.6 Å². The Morgan fingerprint density at radius 3 is 2.95 bits per heavy atom. The summed E-state index contributed by atoms with van der Waals surface area (Å²) < 4.78 is 15.2. The number of amides is 2. The second-order valence-electron chi connectivity index (χ2n) is 4.43. The molecule has 2 amide bonds. The highest BCUT2D eigenvalue weighted by Gasteiger charge is 2.12. The molecule has 0 fully saturated rings. The van der Waals surface area contributed by atoms with Crippen molar-refractivity contribution >= 4 is 23.3 Å². The van der Waals surface area contributed by atoms with Gasteiger partial charge < -0.3 is 10.2 Å². The fourth-order valence-electron chi connectivity index (χ4n) is 1.70. The van der Waals surface area contributed by atoms with Crippen molar-refractivity contribution in [3.63, 3.8) is 0 Å². The molecule has 0 aliphatic carbocycles. The van der Waals surface area contributed by atoms with Gasteiger partial charge >= 0.3 is 6.03 Å². The van der Waals surface area contributed by atoms with Crippen molar-refractivity contribution < 1.29 is 9.18 Å². The number of carbonyl (C=O) groups excluding carboxylic acids is 1. The van der Waals surface area contributed by atoms with Gasteiger partial charge in [-0.1, -0.05) is 11.6 Å². The minimum Gasteiger partial charge on any atom is -0.323 e. The van der Waals surface area contributed by atoms with Crippen molar-refractivity contribution in [3.05, 3.63) is 47.0 Å². The van der Waals surface area contributed by atoms with Gasteiger partial charge in [-0.3, -0.25) is 4.68 Å². The van der Waals surface area contributed by atoms with Crippen LogP contribution in [0.4, 0.5) is 14.9 Å². The molecule has 0 radical (unpaired) electrons. The predicted molar refractivity (Wildman–Crippen MR) is 75.1 cm³/mol. The molecule has 0 aliphatic rings. The van der Waals surface area contributed by atoms with Gasteiger partial charge in [-0.05, 0) is 18.2 Å². The minimum absolute atomic E-state index is 0.0561. The summed E-state index contributed by atoms with van der Waals surface area (Å²) in [5, 5.41) is 6.86. The van der Waals surface area contributed by atoms with Crippen molar-refractivity contribution in [1.82, 2.24) is 14.7 Å². The summed E-state index contributed by atoms with van der Waals surface area (Å²) >= 11 is 5.77. The van der Waals surface area contributed by atoms with E-state index in [2.05, 4.69) is 10.4 Å². The average molecular weight is 297 g/mol. The van der Waals surface area contributed by atoms with Gasteiger partial charge in [0.05, 0.1) is 18.4 Å². The number of halogens is 2. The number of rotatable bonds is 3. The van der Waals surface area contributed by atoms with Crippen LogP contribution in [0, 0.1) is 5.82 Å². The molecule has 0 bridgehead atoms. The van der Waals surface area contributed by atoms with Crippen LogP contribution in [-0.2, 0) is 13.6 Å². The van der Waals surface area contributed by atoms with Crippen molar-refractivity contribution in [2.24, 2.45) is 7.05 Å². The summed E-state index contributed by atoms with van der Waals surface area (Å²) in [6.07, 6.45) is 3.48. The molecule has 20 heavy (non-hydrogen) atoms. The lowest BCUT2D eigenvalue weighted by Crippen LogP contribution is -2.31.